The fourth-order valence-electron chi connectivity index (χ4n) is 7.45. The molecule has 0 saturated heterocycles. The Morgan fingerprint density at radius 1 is 1.30 bits per heavy atom. The van der Waals surface area contributed by atoms with Gasteiger partial charge in [-0.1, -0.05) is 23.6 Å². The number of hydrogen-bond acceptors (Lipinski definition) is 4. The number of fused-ring (bicyclic) bond motifs is 5. The van der Waals surface area contributed by atoms with Gasteiger partial charge in [-0.3, -0.25) is 4.79 Å². The Labute approximate surface area is 162 Å². The first kappa shape index (κ1) is 18.6. The van der Waals surface area contributed by atoms with E-state index in [-0.39, 0.29) is 11.4 Å². The van der Waals surface area contributed by atoms with Crippen molar-refractivity contribution in [1.29, 1.82) is 0 Å². The number of esters is 1. The second-order valence-electron chi connectivity index (χ2n) is 9.08. The van der Waals surface area contributed by atoms with Crippen LogP contribution in [0.2, 0.25) is 0 Å². The Bertz CT molecular complexity index is 732. The predicted molar refractivity (Wildman–Crippen MR) is 104 cm³/mol. The molecule has 0 spiro atoms. The van der Waals surface area contributed by atoms with Crippen LogP contribution >= 0.6 is 0 Å². The van der Waals surface area contributed by atoms with E-state index in [4.69, 9.17) is 16.4 Å². The monoisotopic (exact) mass is 369 g/mol. The summed E-state index contributed by atoms with van der Waals surface area (Å²) in [6, 6.07) is 0. The van der Waals surface area contributed by atoms with Gasteiger partial charge in [-0.25, -0.2) is 0 Å². The normalized spacial score (nSPS) is 44.5. The van der Waals surface area contributed by atoms with Gasteiger partial charge in [0.2, 0.25) is 0 Å². The topological polar surface area (TPSA) is 58.9 Å². The van der Waals surface area contributed by atoms with Crippen LogP contribution in [0.15, 0.2) is 16.8 Å². The summed E-state index contributed by atoms with van der Waals surface area (Å²) in [4.78, 5) is 11.9. The van der Waals surface area contributed by atoms with Crippen molar-refractivity contribution in [2.24, 2.45) is 34.2 Å². The third kappa shape index (κ3) is 2.57. The minimum Gasteiger partial charge on any atom is -0.445 e. The second-order valence-corrected chi connectivity index (χ2v) is 9.08. The molecule has 6 atom stereocenters. The molecule has 27 heavy (non-hydrogen) atoms. The summed E-state index contributed by atoms with van der Waals surface area (Å²) >= 11 is 0. The smallest absolute Gasteiger partial charge is 0.304 e. The standard InChI is InChI=1S/C23H31NO3/c1-4-22-12-10-19-18-9-7-17(24-26)14-16(18)6-8-20(19)21(22)11-13-23(22,5-2)27-15(3)25/h2,14,18-21,26H,4,6-13H2,1,3H3. The largest absolute Gasteiger partial charge is 0.445 e. The first-order valence-electron chi connectivity index (χ1n) is 10.6. The third-order valence-corrected chi connectivity index (χ3v) is 8.45. The first-order chi connectivity index (χ1) is 13.0. The summed E-state index contributed by atoms with van der Waals surface area (Å²) in [7, 11) is 0. The van der Waals surface area contributed by atoms with Crippen LogP contribution in [0.3, 0.4) is 0 Å². The molecule has 0 amide bonds. The summed E-state index contributed by atoms with van der Waals surface area (Å²) in [5.41, 5.74) is 1.53. The van der Waals surface area contributed by atoms with Crippen molar-refractivity contribution < 1.29 is 14.7 Å². The van der Waals surface area contributed by atoms with Crippen molar-refractivity contribution >= 4 is 11.7 Å². The molecule has 0 radical (unpaired) electrons. The Morgan fingerprint density at radius 3 is 2.78 bits per heavy atom. The lowest BCUT2D eigenvalue weighted by atomic mass is 9.49. The molecule has 6 unspecified atom stereocenters. The van der Waals surface area contributed by atoms with E-state index in [1.54, 1.807) is 0 Å². The van der Waals surface area contributed by atoms with Crippen molar-refractivity contribution in [2.75, 3.05) is 0 Å². The molecule has 0 bridgehead atoms. The zero-order valence-electron chi connectivity index (χ0n) is 16.5. The summed E-state index contributed by atoms with van der Waals surface area (Å²) < 4.78 is 5.90. The molecule has 0 aromatic rings. The van der Waals surface area contributed by atoms with E-state index in [1.807, 2.05) is 0 Å². The number of allylic oxidation sites excluding steroid dienone is 2. The van der Waals surface area contributed by atoms with Crippen molar-refractivity contribution in [1.82, 2.24) is 0 Å². The highest BCUT2D eigenvalue weighted by atomic mass is 16.6. The van der Waals surface area contributed by atoms with E-state index < -0.39 is 5.60 Å². The molecule has 0 aliphatic heterocycles. The highest BCUT2D eigenvalue weighted by Gasteiger charge is 2.65. The fraction of sp³-hybridized carbons (Fsp3) is 0.739. The van der Waals surface area contributed by atoms with E-state index in [0.29, 0.717) is 23.7 Å². The minimum atomic E-state index is -0.720. The van der Waals surface area contributed by atoms with E-state index in [2.05, 4.69) is 24.1 Å². The molecular formula is C23H31NO3. The Morgan fingerprint density at radius 2 is 2.11 bits per heavy atom. The number of ether oxygens (including phenoxy) is 1. The van der Waals surface area contributed by atoms with Gasteiger partial charge in [0.25, 0.3) is 0 Å². The zero-order valence-corrected chi connectivity index (χ0v) is 16.5. The number of carbonyl (C=O) groups excluding carboxylic acids is 1. The Hall–Kier alpha value is -1.76. The maximum atomic E-state index is 11.9. The highest BCUT2D eigenvalue weighted by molar-refractivity contribution is 5.96. The quantitative estimate of drug-likeness (QED) is 0.332. The second kappa shape index (κ2) is 6.69. The van der Waals surface area contributed by atoms with Crippen molar-refractivity contribution in [3.8, 4) is 12.3 Å². The van der Waals surface area contributed by atoms with Gasteiger partial charge in [-0.2, -0.15) is 0 Å². The molecule has 3 fully saturated rings. The molecule has 3 saturated carbocycles. The lowest BCUT2D eigenvalue weighted by Crippen LogP contribution is -2.55. The number of rotatable bonds is 2. The van der Waals surface area contributed by atoms with Gasteiger partial charge in [-0.15, -0.1) is 6.42 Å². The maximum absolute atomic E-state index is 11.9. The summed E-state index contributed by atoms with van der Waals surface area (Å²) in [6.45, 7) is 3.72. The predicted octanol–water partition coefficient (Wildman–Crippen LogP) is 4.71. The van der Waals surface area contributed by atoms with E-state index in [1.165, 1.54) is 18.9 Å². The Kier molecular flexibility index (Phi) is 4.61. The molecule has 0 aromatic carbocycles. The fourth-order valence-corrected chi connectivity index (χ4v) is 7.45. The number of carbonyl (C=O) groups is 1. The number of nitrogens with zero attached hydrogens (tertiary/aromatic N) is 1. The number of terminal acetylenes is 1. The van der Waals surface area contributed by atoms with Crippen LogP contribution in [-0.2, 0) is 9.53 Å². The maximum Gasteiger partial charge on any atom is 0.304 e. The van der Waals surface area contributed by atoms with Crippen LogP contribution in [0, 0.1) is 41.4 Å². The lowest BCUT2D eigenvalue weighted by molar-refractivity contribution is -0.170. The molecular weight excluding hydrogens is 338 g/mol. The van der Waals surface area contributed by atoms with Crippen LogP contribution in [0.5, 0.6) is 0 Å². The average molecular weight is 370 g/mol. The Balaban J connectivity index is 1.66. The van der Waals surface area contributed by atoms with Gasteiger partial charge in [0.15, 0.2) is 5.60 Å². The van der Waals surface area contributed by atoms with Gasteiger partial charge >= 0.3 is 5.97 Å². The number of oxime groups is 1. The van der Waals surface area contributed by atoms with Crippen LogP contribution < -0.4 is 0 Å². The molecule has 4 aliphatic rings. The first-order valence-corrected chi connectivity index (χ1v) is 10.6. The molecule has 1 N–H and O–H groups in total. The van der Waals surface area contributed by atoms with Gasteiger partial charge in [-0.05, 0) is 87.5 Å². The van der Waals surface area contributed by atoms with E-state index in [0.717, 1.165) is 57.1 Å². The van der Waals surface area contributed by atoms with Gasteiger partial charge in [0.05, 0.1) is 5.71 Å². The van der Waals surface area contributed by atoms with Gasteiger partial charge in [0.1, 0.15) is 0 Å². The number of hydrogen-bond donors (Lipinski definition) is 1. The molecule has 0 heterocycles. The molecule has 4 aliphatic carbocycles. The third-order valence-electron chi connectivity index (χ3n) is 8.45. The van der Waals surface area contributed by atoms with Crippen LogP contribution in [0.1, 0.15) is 71.6 Å². The van der Waals surface area contributed by atoms with Crippen molar-refractivity contribution in [2.45, 2.75) is 77.2 Å². The van der Waals surface area contributed by atoms with Crippen LogP contribution in [0.25, 0.3) is 0 Å². The average Bonchev–Trinajstić information content (AvgIpc) is 3.01. The molecule has 4 rings (SSSR count). The lowest BCUT2D eigenvalue weighted by Gasteiger charge is -2.56. The van der Waals surface area contributed by atoms with Gasteiger partial charge < -0.3 is 9.94 Å². The molecule has 4 heteroatoms. The summed E-state index contributed by atoms with van der Waals surface area (Å²) in [6.07, 6.45) is 17.5. The SMILES string of the molecule is C#CC1(OC(C)=O)CCC2C3CCC4=CC(=NO)CCC4C3CCC21CC. The minimum absolute atomic E-state index is 0.0673. The van der Waals surface area contributed by atoms with E-state index in [9.17, 15) is 4.79 Å². The van der Waals surface area contributed by atoms with Crippen molar-refractivity contribution in [3.63, 3.8) is 0 Å². The zero-order chi connectivity index (χ0) is 19.2. The molecule has 4 nitrogen and oxygen atoms in total. The van der Waals surface area contributed by atoms with Crippen LogP contribution in [0.4, 0.5) is 0 Å². The molecule has 0 aromatic heterocycles. The molecule has 146 valence electrons. The van der Waals surface area contributed by atoms with Crippen LogP contribution in [-0.4, -0.2) is 22.5 Å². The van der Waals surface area contributed by atoms with Gasteiger partial charge in [0, 0.05) is 12.3 Å². The van der Waals surface area contributed by atoms with Crippen molar-refractivity contribution in [3.05, 3.63) is 11.6 Å². The highest BCUT2D eigenvalue weighted by Crippen LogP contribution is 2.67. The summed E-state index contributed by atoms with van der Waals surface area (Å²) in [5.74, 6) is 5.25. The summed E-state index contributed by atoms with van der Waals surface area (Å²) in [5, 5.41) is 12.6. The van der Waals surface area contributed by atoms with E-state index >= 15 is 0 Å².